The molecule has 18 heavy (non-hydrogen) atoms. The third kappa shape index (κ3) is 1.72. The van der Waals surface area contributed by atoms with Gasteiger partial charge in [-0.05, 0) is 24.3 Å². The van der Waals surface area contributed by atoms with E-state index in [9.17, 15) is 9.18 Å². The molecule has 3 rings (SSSR count). The predicted molar refractivity (Wildman–Crippen MR) is 64.7 cm³/mol. The van der Waals surface area contributed by atoms with Crippen molar-refractivity contribution < 1.29 is 9.18 Å². The zero-order valence-electron chi connectivity index (χ0n) is 9.43. The Morgan fingerprint density at radius 1 is 1.22 bits per heavy atom. The molecule has 0 atom stereocenters. The number of allylic oxidation sites excluding steroid dienone is 2. The lowest BCUT2D eigenvalue weighted by Gasteiger charge is -2.11. The van der Waals surface area contributed by atoms with Crippen LogP contribution in [-0.4, -0.2) is 15.8 Å². The average molecular weight is 240 g/mol. The minimum absolute atomic E-state index is 0.332. The monoisotopic (exact) mass is 240 g/mol. The highest BCUT2D eigenvalue weighted by atomic mass is 19.1. The van der Waals surface area contributed by atoms with Gasteiger partial charge in [-0.25, -0.2) is 4.39 Å². The summed E-state index contributed by atoms with van der Waals surface area (Å²) in [6.45, 7) is 0. The second-order valence-electron chi connectivity index (χ2n) is 4.02. The lowest BCUT2D eigenvalue weighted by molar-refractivity contribution is 0.1000. The molecule has 0 spiro atoms. The Morgan fingerprint density at radius 2 is 2.11 bits per heavy atom. The van der Waals surface area contributed by atoms with E-state index in [2.05, 4.69) is 9.97 Å². The van der Waals surface area contributed by atoms with E-state index in [1.54, 1.807) is 18.5 Å². The minimum atomic E-state index is -0.706. The third-order valence-electron chi connectivity index (χ3n) is 2.87. The maximum Gasteiger partial charge on any atom is 0.222 e. The predicted octanol–water partition coefficient (Wildman–Crippen LogP) is 2.74. The summed E-state index contributed by atoms with van der Waals surface area (Å²) in [6.07, 6.45) is 4.94. The molecule has 2 heterocycles. The molecule has 0 saturated heterocycles. The average Bonchev–Trinajstić information content (AvgIpc) is 2.44. The molecular formula is C14H9FN2O. The highest BCUT2D eigenvalue weighted by Gasteiger charge is 2.22. The van der Waals surface area contributed by atoms with Crippen LogP contribution in [0.3, 0.4) is 0 Å². The fraction of sp³-hybridized carbons (Fsp3) is 0.0714. The van der Waals surface area contributed by atoms with Crippen molar-refractivity contribution >= 4 is 5.78 Å². The SMILES string of the molecule is O=C1C(F)=CCc2ncc(-c3ccccn3)cc21. The van der Waals surface area contributed by atoms with E-state index >= 15 is 0 Å². The number of ketones is 1. The number of pyridine rings is 2. The lowest BCUT2D eigenvalue weighted by Crippen LogP contribution is -2.11. The molecule has 0 bridgehead atoms. The smallest absolute Gasteiger partial charge is 0.222 e. The van der Waals surface area contributed by atoms with Crippen LogP contribution in [0.25, 0.3) is 11.3 Å². The van der Waals surface area contributed by atoms with E-state index in [1.807, 2.05) is 18.2 Å². The Kier molecular flexibility index (Phi) is 2.48. The lowest BCUT2D eigenvalue weighted by atomic mass is 9.98. The normalized spacial score (nSPS) is 14.1. The van der Waals surface area contributed by atoms with Gasteiger partial charge in [0.2, 0.25) is 5.78 Å². The van der Waals surface area contributed by atoms with Gasteiger partial charge in [0.25, 0.3) is 0 Å². The number of halogens is 1. The van der Waals surface area contributed by atoms with Crippen LogP contribution >= 0.6 is 0 Å². The number of Topliss-reactive ketones (excluding diaryl/α,β-unsaturated/α-hetero) is 1. The zero-order chi connectivity index (χ0) is 12.5. The quantitative estimate of drug-likeness (QED) is 0.769. The van der Waals surface area contributed by atoms with Crippen LogP contribution in [0, 0.1) is 0 Å². The number of carbonyl (C=O) groups excluding carboxylic acids is 1. The highest BCUT2D eigenvalue weighted by Crippen LogP contribution is 2.24. The second-order valence-corrected chi connectivity index (χ2v) is 4.02. The number of aromatic nitrogens is 2. The molecule has 0 fully saturated rings. The van der Waals surface area contributed by atoms with Gasteiger partial charge in [-0.2, -0.15) is 0 Å². The molecule has 0 saturated carbocycles. The first kappa shape index (κ1) is 10.8. The van der Waals surface area contributed by atoms with Crippen LogP contribution < -0.4 is 0 Å². The van der Waals surface area contributed by atoms with Gasteiger partial charge >= 0.3 is 0 Å². The van der Waals surface area contributed by atoms with Crippen LogP contribution in [0.4, 0.5) is 4.39 Å². The third-order valence-corrected chi connectivity index (χ3v) is 2.87. The Morgan fingerprint density at radius 3 is 2.89 bits per heavy atom. The van der Waals surface area contributed by atoms with Crippen molar-refractivity contribution in [3.8, 4) is 11.3 Å². The molecule has 0 radical (unpaired) electrons. The molecule has 0 aromatic carbocycles. The molecule has 4 heteroatoms. The van der Waals surface area contributed by atoms with Crippen molar-refractivity contribution in [1.82, 2.24) is 9.97 Å². The van der Waals surface area contributed by atoms with E-state index in [4.69, 9.17) is 0 Å². The zero-order valence-corrected chi connectivity index (χ0v) is 9.43. The van der Waals surface area contributed by atoms with Crippen LogP contribution in [0.2, 0.25) is 0 Å². The molecule has 88 valence electrons. The highest BCUT2D eigenvalue weighted by molar-refractivity contribution is 6.09. The Hall–Kier alpha value is -2.36. The summed E-state index contributed by atoms with van der Waals surface area (Å²) in [5.74, 6) is -1.30. The first-order chi connectivity index (χ1) is 8.75. The molecule has 1 aliphatic rings. The van der Waals surface area contributed by atoms with Gasteiger partial charge in [0.15, 0.2) is 5.83 Å². The number of rotatable bonds is 1. The summed E-state index contributed by atoms with van der Waals surface area (Å²) in [7, 11) is 0. The molecule has 0 N–H and O–H groups in total. The standard InChI is InChI=1S/C14H9FN2O/c15-11-4-5-13-10(14(11)18)7-9(8-17-13)12-3-1-2-6-16-12/h1-4,6-8H,5H2. The molecule has 0 unspecified atom stereocenters. The maximum atomic E-state index is 13.3. The number of hydrogen-bond acceptors (Lipinski definition) is 3. The summed E-state index contributed by atoms with van der Waals surface area (Å²) in [5, 5.41) is 0. The number of nitrogens with zero attached hydrogens (tertiary/aromatic N) is 2. The fourth-order valence-electron chi connectivity index (χ4n) is 1.93. The Balaban J connectivity index is 2.10. The maximum absolute atomic E-state index is 13.3. The van der Waals surface area contributed by atoms with Crippen molar-refractivity contribution in [2.24, 2.45) is 0 Å². The number of hydrogen-bond donors (Lipinski definition) is 0. The summed E-state index contributed by atoms with van der Waals surface area (Å²) in [5.41, 5.74) is 2.38. The van der Waals surface area contributed by atoms with Crippen molar-refractivity contribution in [1.29, 1.82) is 0 Å². The van der Waals surface area contributed by atoms with Crippen molar-refractivity contribution in [2.45, 2.75) is 6.42 Å². The first-order valence-electron chi connectivity index (χ1n) is 5.56. The van der Waals surface area contributed by atoms with Crippen LogP contribution in [0.15, 0.2) is 48.6 Å². The molecule has 0 aliphatic heterocycles. The van der Waals surface area contributed by atoms with Crippen molar-refractivity contribution in [3.05, 3.63) is 59.8 Å². The Labute approximate surface area is 103 Å². The van der Waals surface area contributed by atoms with Gasteiger partial charge in [-0.1, -0.05) is 6.07 Å². The molecule has 0 amide bonds. The number of carbonyl (C=O) groups is 1. The summed E-state index contributed by atoms with van der Waals surface area (Å²) in [4.78, 5) is 20.1. The van der Waals surface area contributed by atoms with Gasteiger partial charge in [0.1, 0.15) is 0 Å². The van der Waals surface area contributed by atoms with Crippen LogP contribution in [0.1, 0.15) is 16.1 Å². The second kappa shape index (κ2) is 4.14. The van der Waals surface area contributed by atoms with Crippen molar-refractivity contribution in [2.75, 3.05) is 0 Å². The largest absolute Gasteiger partial charge is 0.286 e. The van der Waals surface area contributed by atoms with Gasteiger partial charge in [0.05, 0.1) is 11.4 Å². The minimum Gasteiger partial charge on any atom is -0.286 e. The van der Waals surface area contributed by atoms with Gasteiger partial charge in [0, 0.05) is 29.9 Å². The fourth-order valence-corrected chi connectivity index (χ4v) is 1.93. The molecule has 2 aromatic heterocycles. The summed E-state index contributed by atoms with van der Waals surface area (Å²) >= 11 is 0. The topological polar surface area (TPSA) is 42.9 Å². The van der Waals surface area contributed by atoms with Crippen LogP contribution in [0.5, 0.6) is 0 Å². The number of fused-ring (bicyclic) bond motifs is 1. The van der Waals surface area contributed by atoms with E-state index in [0.29, 0.717) is 17.7 Å². The summed E-state index contributed by atoms with van der Waals surface area (Å²) < 4.78 is 13.3. The Bertz CT molecular complexity index is 650. The molecule has 2 aromatic rings. The summed E-state index contributed by atoms with van der Waals surface area (Å²) in [6, 6.07) is 7.13. The molecular weight excluding hydrogens is 231 g/mol. The first-order valence-corrected chi connectivity index (χ1v) is 5.56. The van der Waals surface area contributed by atoms with Gasteiger partial charge < -0.3 is 0 Å². The van der Waals surface area contributed by atoms with E-state index < -0.39 is 11.6 Å². The van der Waals surface area contributed by atoms with E-state index in [1.165, 1.54) is 6.08 Å². The van der Waals surface area contributed by atoms with Gasteiger partial charge in [-0.15, -0.1) is 0 Å². The molecule has 1 aliphatic carbocycles. The van der Waals surface area contributed by atoms with Gasteiger partial charge in [-0.3, -0.25) is 14.8 Å². The van der Waals surface area contributed by atoms with Crippen LogP contribution in [-0.2, 0) is 6.42 Å². The molecule has 3 nitrogen and oxygen atoms in total. The van der Waals surface area contributed by atoms with Crippen molar-refractivity contribution in [3.63, 3.8) is 0 Å². The van der Waals surface area contributed by atoms with E-state index in [0.717, 1.165) is 11.3 Å². The van der Waals surface area contributed by atoms with E-state index in [-0.39, 0.29) is 0 Å².